The second-order valence-corrected chi connectivity index (χ2v) is 5.78. The zero-order valence-corrected chi connectivity index (χ0v) is 13.2. The van der Waals surface area contributed by atoms with Crippen molar-refractivity contribution in [1.82, 2.24) is 0 Å². The van der Waals surface area contributed by atoms with E-state index in [1.54, 1.807) is 6.07 Å². The lowest BCUT2D eigenvalue weighted by atomic mass is 9.96. The molecule has 24 heavy (non-hydrogen) atoms. The Morgan fingerprint density at radius 2 is 1.79 bits per heavy atom. The minimum Gasteiger partial charge on any atom is -0.453 e. The Morgan fingerprint density at radius 3 is 2.54 bits per heavy atom. The smallest absolute Gasteiger partial charge is 0.311 e. The first-order valence-electron chi connectivity index (χ1n) is 7.86. The van der Waals surface area contributed by atoms with Gasteiger partial charge < -0.3 is 9.64 Å². The van der Waals surface area contributed by atoms with Gasteiger partial charge in [-0.25, -0.2) is 0 Å². The van der Waals surface area contributed by atoms with Gasteiger partial charge in [-0.1, -0.05) is 36.4 Å². The predicted octanol–water partition coefficient (Wildman–Crippen LogP) is 4.25. The first-order valence-corrected chi connectivity index (χ1v) is 7.86. The van der Waals surface area contributed by atoms with Crippen LogP contribution in [0.4, 0.5) is 11.4 Å². The average Bonchev–Trinajstić information content (AvgIpc) is 2.61. The third-order valence-electron chi connectivity index (χ3n) is 4.46. The summed E-state index contributed by atoms with van der Waals surface area (Å²) in [6.07, 6.45) is 7.81. The van der Waals surface area contributed by atoms with Gasteiger partial charge in [0.2, 0.25) is 11.5 Å². The highest BCUT2D eigenvalue weighted by atomic mass is 16.6. The second-order valence-electron chi connectivity index (χ2n) is 5.78. The molecule has 2 aliphatic rings. The van der Waals surface area contributed by atoms with Crippen LogP contribution >= 0.6 is 0 Å². The van der Waals surface area contributed by atoms with E-state index < -0.39 is 10.6 Å². The summed E-state index contributed by atoms with van der Waals surface area (Å²) in [5.41, 5.74) is 2.02. The van der Waals surface area contributed by atoms with Gasteiger partial charge in [-0.2, -0.15) is 0 Å². The van der Waals surface area contributed by atoms with Crippen molar-refractivity contribution >= 4 is 23.5 Å². The van der Waals surface area contributed by atoms with Gasteiger partial charge in [0.15, 0.2) is 0 Å². The molecule has 5 nitrogen and oxygen atoms in total. The molecule has 1 unspecified atom stereocenters. The van der Waals surface area contributed by atoms with Gasteiger partial charge in [0.05, 0.1) is 4.92 Å². The summed E-state index contributed by atoms with van der Waals surface area (Å²) in [5, 5.41) is 11.4. The SMILES string of the molecule is CCN1c2ccccc2C=CC12C=Cc1cccc([N+](=O)[O-])c1O2. The van der Waals surface area contributed by atoms with Crippen molar-refractivity contribution in [2.45, 2.75) is 12.6 Å². The van der Waals surface area contributed by atoms with Gasteiger partial charge >= 0.3 is 5.69 Å². The molecule has 120 valence electrons. The number of likely N-dealkylation sites (N-methyl/N-ethyl adjacent to an activating group) is 1. The summed E-state index contributed by atoms with van der Waals surface area (Å²) in [5.74, 6) is 0.312. The van der Waals surface area contributed by atoms with Gasteiger partial charge in [-0.05, 0) is 36.8 Å². The number of benzene rings is 2. The van der Waals surface area contributed by atoms with Crippen LogP contribution in [0.25, 0.3) is 12.2 Å². The number of nitrogens with zero attached hydrogens (tertiary/aromatic N) is 2. The van der Waals surface area contributed by atoms with Crippen LogP contribution in [0.15, 0.2) is 54.6 Å². The number of rotatable bonds is 2. The van der Waals surface area contributed by atoms with Crippen LogP contribution in [0.2, 0.25) is 0 Å². The van der Waals surface area contributed by atoms with E-state index in [0.717, 1.165) is 16.8 Å². The largest absolute Gasteiger partial charge is 0.453 e. The van der Waals surface area contributed by atoms with E-state index in [1.165, 1.54) is 6.07 Å². The van der Waals surface area contributed by atoms with E-state index in [4.69, 9.17) is 4.74 Å². The van der Waals surface area contributed by atoms with Crippen LogP contribution in [0.1, 0.15) is 18.1 Å². The van der Waals surface area contributed by atoms with Crippen LogP contribution in [-0.2, 0) is 0 Å². The number of hydrogen-bond acceptors (Lipinski definition) is 4. The summed E-state index contributed by atoms with van der Waals surface area (Å²) in [6, 6.07) is 13.0. The minimum atomic E-state index is -0.845. The van der Waals surface area contributed by atoms with Crippen LogP contribution in [0.3, 0.4) is 0 Å². The van der Waals surface area contributed by atoms with Crippen molar-refractivity contribution in [1.29, 1.82) is 0 Å². The molecule has 2 aliphatic heterocycles. The fourth-order valence-electron chi connectivity index (χ4n) is 3.35. The molecule has 0 amide bonds. The number of nitro benzene ring substituents is 1. The first kappa shape index (κ1) is 14.5. The zero-order chi connectivity index (χ0) is 16.7. The van der Waals surface area contributed by atoms with Crippen molar-refractivity contribution in [2.75, 3.05) is 11.4 Å². The van der Waals surface area contributed by atoms with Crippen molar-refractivity contribution in [3.05, 3.63) is 75.9 Å². The molecule has 1 spiro atoms. The van der Waals surface area contributed by atoms with Crippen molar-refractivity contribution < 1.29 is 9.66 Å². The molecule has 0 N–H and O–H groups in total. The Morgan fingerprint density at radius 1 is 1.08 bits per heavy atom. The van der Waals surface area contributed by atoms with E-state index in [1.807, 2.05) is 61.6 Å². The number of ether oxygens (including phenoxy) is 1. The lowest BCUT2D eigenvalue weighted by Gasteiger charge is -2.45. The van der Waals surface area contributed by atoms with Gasteiger partial charge in [0, 0.05) is 23.9 Å². The summed E-state index contributed by atoms with van der Waals surface area (Å²) >= 11 is 0. The molecule has 2 aromatic rings. The van der Waals surface area contributed by atoms with E-state index >= 15 is 0 Å². The number of anilines is 1. The Bertz CT molecular complexity index is 888. The second kappa shape index (κ2) is 5.23. The summed E-state index contributed by atoms with van der Waals surface area (Å²) in [4.78, 5) is 13.1. The third kappa shape index (κ3) is 2.01. The normalized spacial score (nSPS) is 20.5. The standard InChI is InChI=1S/C19H16N2O3/c1-2-20-16-8-4-3-6-14(16)10-12-19(20)13-11-15-7-5-9-17(21(22)23)18(15)24-19/h3-13H,2H2,1H3. The molecule has 4 rings (SSSR count). The topological polar surface area (TPSA) is 55.6 Å². The first-order chi connectivity index (χ1) is 11.6. The van der Waals surface area contributed by atoms with Gasteiger partial charge in [0.1, 0.15) is 0 Å². The van der Waals surface area contributed by atoms with Crippen LogP contribution < -0.4 is 9.64 Å². The van der Waals surface area contributed by atoms with Crippen molar-refractivity contribution in [3.63, 3.8) is 0 Å². The van der Waals surface area contributed by atoms with Gasteiger partial charge in [-0.15, -0.1) is 0 Å². The molecule has 0 radical (unpaired) electrons. The molecular weight excluding hydrogens is 304 g/mol. The Balaban J connectivity index is 1.86. The molecule has 1 atom stereocenters. The highest BCUT2D eigenvalue weighted by Gasteiger charge is 2.41. The monoisotopic (exact) mass is 320 g/mol. The molecule has 5 heteroatoms. The van der Waals surface area contributed by atoms with Crippen LogP contribution in [0, 0.1) is 10.1 Å². The van der Waals surface area contributed by atoms with Crippen LogP contribution in [0.5, 0.6) is 5.75 Å². The predicted molar refractivity (Wildman–Crippen MR) is 94.0 cm³/mol. The van der Waals surface area contributed by atoms with E-state index in [9.17, 15) is 10.1 Å². The third-order valence-corrected chi connectivity index (χ3v) is 4.46. The van der Waals surface area contributed by atoms with E-state index in [-0.39, 0.29) is 5.69 Å². The maximum absolute atomic E-state index is 11.4. The fraction of sp³-hybridized carbons (Fsp3) is 0.158. The number of nitro groups is 1. The Hall–Kier alpha value is -3.08. The molecule has 2 aromatic carbocycles. The molecule has 0 aliphatic carbocycles. The molecule has 0 saturated carbocycles. The highest BCUT2D eigenvalue weighted by Crippen LogP contribution is 2.44. The minimum absolute atomic E-state index is 0.0143. The number of hydrogen-bond donors (Lipinski definition) is 0. The van der Waals surface area contributed by atoms with Crippen molar-refractivity contribution in [2.24, 2.45) is 0 Å². The lowest BCUT2D eigenvalue weighted by Crippen LogP contribution is -2.53. The maximum Gasteiger partial charge on any atom is 0.311 e. The van der Waals surface area contributed by atoms with E-state index in [0.29, 0.717) is 12.3 Å². The molecule has 0 aromatic heterocycles. The molecule has 0 fully saturated rings. The van der Waals surface area contributed by atoms with Gasteiger partial charge in [-0.3, -0.25) is 10.1 Å². The molecule has 0 bridgehead atoms. The summed E-state index contributed by atoms with van der Waals surface area (Å²) in [6.45, 7) is 2.76. The zero-order valence-electron chi connectivity index (χ0n) is 13.2. The maximum atomic E-state index is 11.4. The highest BCUT2D eigenvalue weighted by molar-refractivity contribution is 5.77. The van der Waals surface area contributed by atoms with Crippen molar-refractivity contribution in [3.8, 4) is 5.75 Å². The fourth-order valence-corrected chi connectivity index (χ4v) is 3.35. The number of fused-ring (bicyclic) bond motifs is 2. The molecule has 2 heterocycles. The summed E-state index contributed by atoms with van der Waals surface area (Å²) < 4.78 is 6.22. The summed E-state index contributed by atoms with van der Waals surface area (Å²) in [7, 11) is 0. The quantitative estimate of drug-likeness (QED) is 0.613. The number of para-hydroxylation sites is 2. The van der Waals surface area contributed by atoms with E-state index in [2.05, 4.69) is 4.90 Å². The molecule has 0 saturated heterocycles. The average molecular weight is 320 g/mol. The Kier molecular flexibility index (Phi) is 3.16. The lowest BCUT2D eigenvalue weighted by molar-refractivity contribution is -0.386. The molecular formula is C19H16N2O3. The van der Waals surface area contributed by atoms with Crippen LogP contribution in [-0.4, -0.2) is 17.2 Å². The Labute approximate surface area is 139 Å². The van der Waals surface area contributed by atoms with Gasteiger partial charge in [0.25, 0.3) is 0 Å².